The van der Waals surface area contributed by atoms with Gasteiger partial charge in [-0.25, -0.2) is 0 Å². The second-order valence-electron chi connectivity index (χ2n) is 5.56. The lowest BCUT2D eigenvalue weighted by Gasteiger charge is -2.44. The van der Waals surface area contributed by atoms with E-state index in [1.54, 1.807) is 7.05 Å². The normalized spacial score (nSPS) is 38.6. The fourth-order valence-electron chi connectivity index (χ4n) is 3.26. The third kappa shape index (κ3) is 2.68. The van der Waals surface area contributed by atoms with E-state index in [1.807, 2.05) is 0 Å². The van der Waals surface area contributed by atoms with Gasteiger partial charge in [0.1, 0.15) is 5.54 Å². The van der Waals surface area contributed by atoms with Crippen LogP contribution in [-0.4, -0.2) is 60.4 Å². The molecule has 2 rings (SSSR count). The van der Waals surface area contributed by atoms with Crippen LogP contribution in [0.2, 0.25) is 0 Å². The van der Waals surface area contributed by atoms with E-state index in [1.165, 1.54) is 0 Å². The number of carboxylic acid groups (broad SMARTS) is 1. The van der Waals surface area contributed by atoms with Crippen LogP contribution in [0.1, 0.15) is 32.6 Å². The fourth-order valence-corrected chi connectivity index (χ4v) is 3.26. The monoisotopic (exact) mass is 256 g/mol. The summed E-state index contributed by atoms with van der Waals surface area (Å²) in [5, 5.41) is 12.5. The molecule has 1 aliphatic carbocycles. The van der Waals surface area contributed by atoms with Crippen molar-refractivity contribution in [3.05, 3.63) is 0 Å². The van der Waals surface area contributed by atoms with Gasteiger partial charge in [0.25, 0.3) is 0 Å². The number of morpholine rings is 1. The van der Waals surface area contributed by atoms with Crippen molar-refractivity contribution in [3.63, 3.8) is 0 Å². The number of nitrogens with one attached hydrogen (secondary N) is 1. The first-order valence-corrected chi connectivity index (χ1v) is 6.85. The molecule has 0 radical (unpaired) electrons. The Kier molecular flexibility index (Phi) is 4.25. The first-order valence-electron chi connectivity index (χ1n) is 6.85. The largest absolute Gasteiger partial charge is 0.480 e. The summed E-state index contributed by atoms with van der Waals surface area (Å²) in [6.45, 7) is 4.69. The molecule has 0 aromatic carbocycles. The number of hydrogen-bond acceptors (Lipinski definition) is 4. The highest BCUT2D eigenvalue weighted by atomic mass is 16.5. The van der Waals surface area contributed by atoms with Crippen molar-refractivity contribution in [1.29, 1.82) is 0 Å². The van der Waals surface area contributed by atoms with E-state index < -0.39 is 11.5 Å². The zero-order chi connectivity index (χ0) is 13.2. The Balaban J connectivity index is 2.03. The summed E-state index contributed by atoms with van der Waals surface area (Å²) in [5.74, 6) is -0.712. The number of carbonyl (C=O) groups is 1. The Morgan fingerprint density at radius 2 is 2.33 bits per heavy atom. The van der Waals surface area contributed by atoms with Crippen LogP contribution in [0.5, 0.6) is 0 Å². The van der Waals surface area contributed by atoms with Crippen LogP contribution in [0.3, 0.4) is 0 Å². The van der Waals surface area contributed by atoms with Crippen LogP contribution in [0.4, 0.5) is 0 Å². The van der Waals surface area contributed by atoms with Gasteiger partial charge >= 0.3 is 5.97 Å². The molecule has 1 saturated heterocycles. The highest BCUT2D eigenvalue weighted by molar-refractivity contribution is 5.79. The number of aliphatic carboxylic acids is 1. The molecule has 0 aromatic rings. The van der Waals surface area contributed by atoms with Gasteiger partial charge in [0.2, 0.25) is 0 Å². The van der Waals surface area contributed by atoms with E-state index in [0.29, 0.717) is 12.5 Å². The Morgan fingerprint density at radius 1 is 1.56 bits per heavy atom. The van der Waals surface area contributed by atoms with Crippen molar-refractivity contribution >= 4 is 5.97 Å². The molecule has 3 atom stereocenters. The van der Waals surface area contributed by atoms with Crippen LogP contribution < -0.4 is 5.32 Å². The molecular weight excluding hydrogens is 232 g/mol. The van der Waals surface area contributed by atoms with Gasteiger partial charge in [-0.15, -0.1) is 0 Å². The molecule has 3 unspecified atom stereocenters. The molecule has 0 bridgehead atoms. The van der Waals surface area contributed by atoms with E-state index in [-0.39, 0.29) is 6.10 Å². The third-order valence-electron chi connectivity index (χ3n) is 4.40. The van der Waals surface area contributed by atoms with Crippen molar-refractivity contribution in [3.8, 4) is 0 Å². The summed E-state index contributed by atoms with van der Waals surface area (Å²) in [6.07, 6.45) is 3.77. The molecular formula is C13H24N2O3. The second kappa shape index (κ2) is 5.55. The molecule has 5 nitrogen and oxygen atoms in total. The predicted molar refractivity (Wildman–Crippen MR) is 68.7 cm³/mol. The number of carboxylic acids is 1. The number of rotatable bonds is 3. The molecule has 1 saturated carbocycles. The highest BCUT2D eigenvalue weighted by Gasteiger charge is 2.43. The van der Waals surface area contributed by atoms with Gasteiger partial charge in [0, 0.05) is 19.1 Å². The van der Waals surface area contributed by atoms with E-state index in [9.17, 15) is 9.90 Å². The third-order valence-corrected chi connectivity index (χ3v) is 4.40. The van der Waals surface area contributed by atoms with Crippen molar-refractivity contribution in [2.75, 3.05) is 26.7 Å². The highest BCUT2D eigenvalue weighted by Crippen LogP contribution is 2.32. The number of likely N-dealkylation sites (N-methyl/N-ethyl adjacent to an activating group) is 1. The maximum absolute atomic E-state index is 11.5. The summed E-state index contributed by atoms with van der Waals surface area (Å²) in [6, 6.07) is 0.369. The van der Waals surface area contributed by atoms with Crippen molar-refractivity contribution in [1.82, 2.24) is 10.2 Å². The summed E-state index contributed by atoms with van der Waals surface area (Å²) < 4.78 is 5.55. The maximum atomic E-state index is 11.5. The van der Waals surface area contributed by atoms with Crippen LogP contribution >= 0.6 is 0 Å². The molecule has 104 valence electrons. The minimum atomic E-state index is -0.732. The van der Waals surface area contributed by atoms with Crippen LogP contribution in [0.25, 0.3) is 0 Å². The van der Waals surface area contributed by atoms with Gasteiger partial charge in [0.15, 0.2) is 0 Å². The van der Waals surface area contributed by atoms with E-state index in [0.717, 1.165) is 39.0 Å². The molecule has 18 heavy (non-hydrogen) atoms. The Bertz CT molecular complexity index is 311. The Hall–Kier alpha value is -0.650. The van der Waals surface area contributed by atoms with Crippen LogP contribution in [0.15, 0.2) is 0 Å². The Morgan fingerprint density at radius 3 is 2.94 bits per heavy atom. The molecule has 0 aromatic heterocycles. The molecule has 0 spiro atoms. The standard InChI is InChI=1S/C13H24N2O3/c1-10-9-15(6-7-18-10)11-4-3-5-13(8-11,14-2)12(16)17/h10-11,14H,3-9H2,1-2H3,(H,16,17). The van der Waals surface area contributed by atoms with E-state index in [4.69, 9.17) is 4.74 Å². The van der Waals surface area contributed by atoms with E-state index in [2.05, 4.69) is 17.1 Å². The summed E-state index contributed by atoms with van der Waals surface area (Å²) in [5.41, 5.74) is -0.732. The first-order chi connectivity index (χ1) is 8.57. The number of nitrogens with zero attached hydrogens (tertiary/aromatic N) is 1. The van der Waals surface area contributed by atoms with Gasteiger partial charge < -0.3 is 15.2 Å². The van der Waals surface area contributed by atoms with Gasteiger partial charge in [-0.1, -0.05) is 0 Å². The molecule has 0 amide bonds. The predicted octanol–water partition coefficient (Wildman–Crippen LogP) is 0.693. The SMILES string of the molecule is CNC1(C(=O)O)CCCC(N2CCOC(C)C2)C1. The summed E-state index contributed by atoms with van der Waals surface area (Å²) in [7, 11) is 1.76. The van der Waals surface area contributed by atoms with Crippen LogP contribution in [-0.2, 0) is 9.53 Å². The van der Waals surface area contributed by atoms with Crippen molar-refractivity contribution in [2.24, 2.45) is 0 Å². The average Bonchev–Trinajstić information content (AvgIpc) is 2.38. The van der Waals surface area contributed by atoms with Crippen molar-refractivity contribution in [2.45, 2.75) is 50.3 Å². The van der Waals surface area contributed by atoms with Gasteiger partial charge in [-0.05, 0) is 39.7 Å². The average molecular weight is 256 g/mol. The Labute approximate surface area is 108 Å². The summed E-state index contributed by atoms with van der Waals surface area (Å²) >= 11 is 0. The summed E-state index contributed by atoms with van der Waals surface area (Å²) in [4.78, 5) is 13.9. The molecule has 2 N–H and O–H groups in total. The molecule has 2 aliphatic rings. The lowest BCUT2D eigenvalue weighted by atomic mass is 9.78. The quantitative estimate of drug-likeness (QED) is 0.778. The molecule has 2 fully saturated rings. The molecule has 1 heterocycles. The minimum Gasteiger partial charge on any atom is -0.480 e. The lowest BCUT2D eigenvalue weighted by Crippen LogP contribution is -2.58. The minimum absolute atomic E-state index is 0.259. The van der Waals surface area contributed by atoms with Gasteiger partial charge in [-0.3, -0.25) is 9.69 Å². The number of hydrogen-bond donors (Lipinski definition) is 2. The zero-order valence-electron chi connectivity index (χ0n) is 11.3. The molecule has 1 aliphatic heterocycles. The van der Waals surface area contributed by atoms with Crippen molar-refractivity contribution < 1.29 is 14.6 Å². The maximum Gasteiger partial charge on any atom is 0.323 e. The number of ether oxygens (including phenoxy) is 1. The van der Waals surface area contributed by atoms with Gasteiger partial charge in [-0.2, -0.15) is 0 Å². The first kappa shape index (κ1) is 13.8. The van der Waals surface area contributed by atoms with E-state index >= 15 is 0 Å². The van der Waals surface area contributed by atoms with Gasteiger partial charge in [0.05, 0.1) is 12.7 Å². The molecule has 5 heteroatoms. The zero-order valence-corrected chi connectivity index (χ0v) is 11.3. The topological polar surface area (TPSA) is 61.8 Å². The second-order valence-corrected chi connectivity index (χ2v) is 5.56. The van der Waals surface area contributed by atoms with Crippen LogP contribution in [0, 0.1) is 0 Å². The lowest BCUT2D eigenvalue weighted by molar-refractivity contribution is -0.147. The fraction of sp³-hybridized carbons (Fsp3) is 0.923. The smallest absolute Gasteiger partial charge is 0.323 e.